The number of hydrogen-bond acceptors (Lipinski definition) is 4. The van der Waals surface area contributed by atoms with E-state index in [0.717, 1.165) is 0 Å². The standard InChI is InChI=1S/C20H27NO4/c1-5-21(6-2)19(23)17-15(14-12-24-20(3,4)25-14)16(17)18(22)13-10-8-7-9-11-13/h7-11,14-17H,5-6,12H2,1-4H3/t14-,15+,16+,17+/m0/s1. The molecule has 1 amide bonds. The van der Waals surface area contributed by atoms with Crippen LogP contribution in [-0.2, 0) is 14.3 Å². The summed E-state index contributed by atoms with van der Waals surface area (Å²) < 4.78 is 11.6. The first-order valence-electron chi connectivity index (χ1n) is 9.09. The van der Waals surface area contributed by atoms with Crippen molar-refractivity contribution in [2.75, 3.05) is 19.7 Å². The third kappa shape index (κ3) is 3.48. The maximum atomic E-state index is 13.0. The molecule has 0 bridgehead atoms. The van der Waals surface area contributed by atoms with Crippen LogP contribution in [0.5, 0.6) is 0 Å². The molecule has 5 heteroatoms. The van der Waals surface area contributed by atoms with Crippen molar-refractivity contribution in [3.05, 3.63) is 35.9 Å². The summed E-state index contributed by atoms with van der Waals surface area (Å²) in [5.74, 6) is -1.31. The van der Waals surface area contributed by atoms with Gasteiger partial charge in [0.1, 0.15) is 0 Å². The van der Waals surface area contributed by atoms with Crippen molar-refractivity contribution in [2.24, 2.45) is 17.8 Å². The largest absolute Gasteiger partial charge is 0.348 e. The van der Waals surface area contributed by atoms with Crippen LogP contribution in [0.4, 0.5) is 0 Å². The van der Waals surface area contributed by atoms with E-state index in [0.29, 0.717) is 25.3 Å². The second kappa shape index (κ2) is 6.89. The van der Waals surface area contributed by atoms with Gasteiger partial charge < -0.3 is 14.4 Å². The van der Waals surface area contributed by atoms with Crippen LogP contribution < -0.4 is 0 Å². The summed E-state index contributed by atoms with van der Waals surface area (Å²) in [4.78, 5) is 27.7. The van der Waals surface area contributed by atoms with E-state index in [-0.39, 0.29) is 35.5 Å². The van der Waals surface area contributed by atoms with Crippen molar-refractivity contribution in [1.82, 2.24) is 4.90 Å². The second-order valence-electron chi connectivity index (χ2n) is 7.24. The predicted octanol–water partition coefficient (Wildman–Crippen LogP) is 2.75. The first-order chi connectivity index (χ1) is 11.9. The average molecular weight is 345 g/mol. The third-order valence-electron chi connectivity index (χ3n) is 5.26. The van der Waals surface area contributed by atoms with E-state index in [9.17, 15) is 9.59 Å². The lowest BCUT2D eigenvalue weighted by atomic mass is 10.0. The molecule has 1 heterocycles. The molecule has 1 saturated heterocycles. The molecule has 3 rings (SSSR count). The van der Waals surface area contributed by atoms with Crippen LogP contribution in [-0.4, -0.2) is 48.2 Å². The molecule has 0 N–H and O–H groups in total. The molecule has 25 heavy (non-hydrogen) atoms. The number of carbonyl (C=O) groups excluding carboxylic acids is 2. The summed E-state index contributed by atoms with van der Waals surface area (Å²) in [6, 6.07) is 9.21. The summed E-state index contributed by atoms with van der Waals surface area (Å²) in [5, 5.41) is 0. The number of hydrogen-bond donors (Lipinski definition) is 0. The lowest BCUT2D eigenvalue weighted by Gasteiger charge is -2.20. The fourth-order valence-corrected chi connectivity index (χ4v) is 3.90. The molecule has 4 atom stereocenters. The number of carbonyl (C=O) groups is 2. The maximum Gasteiger partial charge on any atom is 0.226 e. The van der Waals surface area contributed by atoms with Gasteiger partial charge in [-0.3, -0.25) is 9.59 Å². The van der Waals surface area contributed by atoms with E-state index in [1.807, 2.05) is 58.0 Å². The zero-order chi connectivity index (χ0) is 18.2. The van der Waals surface area contributed by atoms with E-state index < -0.39 is 5.79 Å². The van der Waals surface area contributed by atoms with Crippen molar-refractivity contribution in [2.45, 2.75) is 39.6 Å². The van der Waals surface area contributed by atoms with E-state index >= 15 is 0 Å². The van der Waals surface area contributed by atoms with E-state index in [4.69, 9.17) is 9.47 Å². The minimum atomic E-state index is -0.656. The fourth-order valence-electron chi connectivity index (χ4n) is 3.90. The number of nitrogens with zero attached hydrogens (tertiary/aromatic N) is 1. The zero-order valence-corrected chi connectivity index (χ0v) is 15.4. The molecular weight excluding hydrogens is 318 g/mol. The van der Waals surface area contributed by atoms with Gasteiger partial charge in [0.15, 0.2) is 11.6 Å². The van der Waals surface area contributed by atoms with Gasteiger partial charge in [0, 0.05) is 30.5 Å². The van der Waals surface area contributed by atoms with Gasteiger partial charge in [-0.15, -0.1) is 0 Å². The molecule has 0 spiro atoms. The number of ketones is 1. The number of benzene rings is 1. The number of ether oxygens (including phenoxy) is 2. The van der Waals surface area contributed by atoms with Crippen molar-refractivity contribution < 1.29 is 19.1 Å². The Bertz CT molecular complexity index is 638. The molecular formula is C20H27NO4. The van der Waals surface area contributed by atoms with Gasteiger partial charge in [-0.25, -0.2) is 0 Å². The molecule has 0 unspecified atom stereocenters. The van der Waals surface area contributed by atoms with Crippen LogP contribution in [0.15, 0.2) is 30.3 Å². The molecule has 2 fully saturated rings. The van der Waals surface area contributed by atoms with Gasteiger partial charge in [-0.05, 0) is 27.7 Å². The van der Waals surface area contributed by atoms with Crippen LogP contribution in [0.1, 0.15) is 38.1 Å². The zero-order valence-electron chi connectivity index (χ0n) is 15.4. The SMILES string of the molecule is CCN(CC)C(=O)[C@H]1[C@H](C(=O)c2ccccc2)[C@H]1[C@@H]1COC(C)(C)O1. The molecule has 1 aliphatic carbocycles. The Morgan fingerprint density at radius 2 is 1.76 bits per heavy atom. The molecule has 136 valence electrons. The monoisotopic (exact) mass is 345 g/mol. The maximum absolute atomic E-state index is 13.0. The first kappa shape index (κ1) is 18.1. The first-order valence-corrected chi connectivity index (χ1v) is 9.09. The van der Waals surface area contributed by atoms with Gasteiger partial charge in [-0.2, -0.15) is 0 Å². The van der Waals surface area contributed by atoms with Crippen molar-refractivity contribution in [1.29, 1.82) is 0 Å². The smallest absolute Gasteiger partial charge is 0.226 e. The highest BCUT2D eigenvalue weighted by atomic mass is 16.7. The van der Waals surface area contributed by atoms with Crippen LogP contribution in [0.2, 0.25) is 0 Å². The molecule has 0 aromatic heterocycles. The lowest BCUT2D eigenvalue weighted by molar-refractivity contribution is -0.143. The quantitative estimate of drug-likeness (QED) is 0.744. The molecule has 1 saturated carbocycles. The highest BCUT2D eigenvalue weighted by molar-refractivity contribution is 6.04. The Hall–Kier alpha value is -1.72. The molecule has 2 aliphatic rings. The number of rotatable bonds is 6. The van der Waals surface area contributed by atoms with E-state index in [1.54, 1.807) is 4.90 Å². The second-order valence-corrected chi connectivity index (χ2v) is 7.24. The van der Waals surface area contributed by atoms with E-state index in [1.165, 1.54) is 0 Å². The van der Waals surface area contributed by atoms with Gasteiger partial charge in [0.05, 0.1) is 18.6 Å². The Labute approximate surface area is 149 Å². The Morgan fingerprint density at radius 3 is 2.28 bits per heavy atom. The predicted molar refractivity (Wildman–Crippen MR) is 94.1 cm³/mol. The summed E-state index contributed by atoms with van der Waals surface area (Å²) in [6.07, 6.45) is -0.211. The van der Waals surface area contributed by atoms with Gasteiger partial charge >= 0.3 is 0 Å². The Kier molecular flexibility index (Phi) is 4.98. The summed E-state index contributed by atoms with van der Waals surface area (Å²) in [7, 11) is 0. The van der Waals surface area contributed by atoms with Gasteiger partial charge in [0.25, 0.3) is 0 Å². The molecule has 1 aliphatic heterocycles. The van der Waals surface area contributed by atoms with Crippen LogP contribution in [0.3, 0.4) is 0 Å². The van der Waals surface area contributed by atoms with E-state index in [2.05, 4.69) is 0 Å². The minimum absolute atomic E-state index is 0.0319. The topological polar surface area (TPSA) is 55.8 Å². The normalized spacial score (nSPS) is 30.1. The summed E-state index contributed by atoms with van der Waals surface area (Å²) in [5.41, 5.74) is 0.658. The molecule has 0 radical (unpaired) electrons. The highest BCUT2D eigenvalue weighted by Crippen LogP contribution is 2.54. The third-order valence-corrected chi connectivity index (χ3v) is 5.26. The molecule has 5 nitrogen and oxygen atoms in total. The molecule has 1 aromatic carbocycles. The Balaban J connectivity index is 1.83. The van der Waals surface area contributed by atoms with Crippen molar-refractivity contribution >= 4 is 11.7 Å². The van der Waals surface area contributed by atoms with Crippen molar-refractivity contribution in [3.63, 3.8) is 0 Å². The summed E-state index contributed by atoms with van der Waals surface area (Å²) in [6.45, 7) is 9.39. The van der Waals surface area contributed by atoms with Crippen molar-refractivity contribution in [3.8, 4) is 0 Å². The minimum Gasteiger partial charge on any atom is -0.348 e. The summed E-state index contributed by atoms with van der Waals surface area (Å²) >= 11 is 0. The number of amides is 1. The van der Waals surface area contributed by atoms with Crippen LogP contribution in [0.25, 0.3) is 0 Å². The highest BCUT2D eigenvalue weighted by Gasteiger charge is 2.64. The van der Waals surface area contributed by atoms with Crippen LogP contribution >= 0.6 is 0 Å². The molecule has 1 aromatic rings. The van der Waals surface area contributed by atoms with Gasteiger partial charge in [-0.1, -0.05) is 30.3 Å². The van der Waals surface area contributed by atoms with Crippen LogP contribution in [0, 0.1) is 17.8 Å². The number of Topliss-reactive ketones (excluding diaryl/α,β-unsaturated/α-hetero) is 1. The Morgan fingerprint density at radius 1 is 1.12 bits per heavy atom. The fraction of sp³-hybridized carbons (Fsp3) is 0.600. The lowest BCUT2D eigenvalue weighted by Crippen LogP contribution is -2.33. The average Bonchev–Trinajstić information content (AvgIpc) is 3.25. The van der Waals surface area contributed by atoms with Gasteiger partial charge in [0.2, 0.25) is 5.91 Å².